The van der Waals surface area contributed by atoms with E-state index in [0.29, 0.717) is 10.4 Å². The fraction of sp³-hybridized carbons (Fsp3) is 0.273. The number of likely N-dealkylation sites (N-methyl/N-ethyl adjacent to an activating group) is 1. The molecule has 5 nitrogen and oxygen atoms in total. The molecule has 0 saturated heterocycles. The monoisotopic (exact) mass is 251 g/mol. The van der Waals surface area contributed by atoms with Gasteiger partial charge in [-0.25, -0.2) is 0 Å². The Balaban J connectivity index is 2.89. The minimum Gasteiger partial charge on any atom is -0.368 e. The highest BCUT2D eigenvalue weighted by Crippen LogP contribution is 2.17. The van der Waals surface area contributed by atoms with E-state index in [9.17, 15) is 9.59 Å². The summed E-state index contributed by atoms with van der Waals surface area (Å²) in [5, 5.41) is 1.77. The number of hydrogen-bond donors (Lipinski definition) is 2. The van der Waals surface area contributed by atoms with E-state index < -0.39 is 5.91 Å². The fourth-order valence-corrected chi connectivity index (χ4v) is 2.04. The van der Waals surface area contributed by atoms with Gasteiger partial charge in [0.2, 0.25) is 5.91 Å². The van der Waals surface area contributed by atoms with Crippen molar-refractivity contribution < 1.29 is 9.59 Å². The maximum Gasteiger partial charge on any atom is 0.265 e. The third kappa shape index (κ3) is 3.59. The standard InChI is InChI=1S/C11H13N3O2S/c1-14(7-9(13)15)11(16)10-8(3-2-5-12)4-6-17-10/h4,6H,5,7,12H2,1H3,(H2,13,15). The number of nitrogens with zero attached hydrogens (tertiary/aromatic N) is 1. The molecule has 0 atom stereocenters. The number of hydrogen-bond acceptors (Lipinski definition) is 4. The van der Waals surface area contributed by atoms with Crippen LogP contribution in [-0.2, 0) is 4.79 Å². The van der Waals surface area contributed by atoms with Crippen LogP contribution in [0.2, 0.25) is 0 Å². The van der Waals surface area contributed by atoms with E-state index in [0.717, 1.165) is 0 Å². The molecule has 0 aliphatic carbocycles. The number of carbonyl (C=O) groups is 2. The summed E-state index contributed by atoms with van der Waals surface area (Å²) in [4.78, 5) is 24.4. The third-order valence-electron chi connectivity index (χ3n) is 1.92. The Morgan fingerprint density at radius 3 is 2.82 bits per heavy atom. The van der Waals surface area contributed by atoms with E-state index >= 15 is 0 Å². The molecule has 1 aromatic heterocycles. The summed E-state index contributed by atoms with van der Waals surface area (Å²) in [6, 6.07) is 1.75. The van der Waals surface area contributed by atoms with Crippen LogP contribution in [0.3, 0.4) is 0 Å². The predicted molar refractivity (Wildman–Crippen MR) is 66.4 cm³/mol. The van der Waals surface area contributed by atoms with Crippen molar-refractivity contribution in [3.8, 4) is 11.8 Å². The highest BCUT2D eigenvalue weighted by molar-refractivity contribution is 7.12. The van der Waals surface area contributed by atoms with Crippen LogP contribution in [0.4, 0.5) is 0 Å². The lowest BCUT2D eigenvalue weighted by molar-refractivity contribution is -0.118. The number of thiophene rings is 1. The highest BCUT2D eigenvalue weighted by Gasteiger charge is 2.17. The number of carbonyl (C=O) groups excluding carboxylic acids is 2. The topological polar surface area (TPSA) is 89.4 Å². The van der Waals surface area contributed by atoms with E-state index in [1.807, 2.05) is 0 Å². The molecule has 1 rings (SSSR count). The molecule has 0 saturated carbocycles. The Labute approximate surface area is 103 Å². The minimum atomic E-state index is -0.549. The zero-order chi connectivity index (χ0) is 12.8. The SMILES string of the molecule is CN(CC(N)=O)C(=O)c1sccc1C#CCN. The average Bonchev–Trinajstić information content (AvgIpc) is 2.72. The summed E-state index contributed by atoms with van der Waals surface area (Å²) in [6.07, 6.45) is 0. The molecule has 0 aliphatic heterocycles. The molecule has 0 aromatic carbocycles. The number of amides is 2. The fourth-order valence-electron chi connectivity index (χ4n) is 1.20. The molecule has 0 unspecified atom stereocenters. The second-order valence-electron chi connectivity index (χ2n) is 3.30. The van der Waals surface area contributed by atoms with Gasteiger partial charge in [-0.05, 0) is 11.4 Å². The van der Waals surface area contributed by atoms with Gasteiger partial charge in [0.15, 0.2) is 0 Å². The molecule has 4 N–H and O–H groups in total. The molecule has 6 heteroatoms. The second-order valence-corrected chi connectivity index (χ2v) is 4.21. The molecular formula is C11H13N3O2S. The Hall–Kier alpha value is -1.84. The van der Waals surface area contributed by atoms with E-state index in [1.54, 1.807) is 11.4 Å². The highest BCUT2D eigenvalue weighted by atomic mass is 32.1. The summed E-state index contributed by atoms with van der Waals surface area (Å²) in [5.41, 5.74) is 10.9. The van der Waals surface area contributed by atoms with Gasteiger partial charge in [-0.15, -0.1) is 11.3 Å². The number of rotatable bonds is 3. The van der Waals surface area contributed by atoms with Crippen LogP contribution in [0.15, 0.2) is 11.4 Å². The van der Waals surface area contributed by atoms with Crippen LogP contribution < -0.4 is 11.5 Å². The first kappa shape index (κ1) is 13.2. The number of nitrogens with two attached hydrogens (primary N) is 2. The zero-order valence-corrected chi connectivity index (χ0v) is 10.2. The smallest absolute Gasteiger partial charge is 0.265 e. The van der Waals surface area contributed by atoms with E-state index in [-0.39, 0.29) is 19.0 Å². The van der Waals surface area contributed by atoms with Crippen molar-refractivity contribution in [1.29, 1.82) is 0 Å². The van der Waals surface area contributed by atoms with Crippen molar-refractivity contribution in [1.82, 2.24) is 4.90 Å². The molecule has 0 radical (unpaired) electrons. The Bertz CT molecular complexity index is 484. The summed E-state index contributed by atoms with van der Waals surface area (Å²) >= 11 is 1.28. The molecule has 0 bridgehead atoms. The molecule has 0 aliphatic rings. The van der Waals surface area contributed by atoms with Gasteiger partial charge in [0, 0.05) is 12.6 Å². The van der Waals surface area contributed by atoms with Crippen molar-refractivity contribution in [3.05, 3.63) is 21.9 Å². The Morgan fingerprint density at radius 1 is 1.53 bits per heavy atom. The van der Waals surface area contributed by atoms with Crippen molar-refractivity contribution in [2.24, 2.45) is 11.5 Å². The minimum absolute atomic E-state index is 0.111. The first-order valence-corrected chi connectivity index (χ1v) is 5.74. The zero-order valence-electron chi connectivity index (χ0n) is 9.40. The molecule has 1 aromatic rings. The lowest BCUT2D eigenvalue weighted by atomic mass is 10.2. The van der Waals surface area contributed by atoms with Gasteiger partial charge >= 0.3 is 0 Å². The summed E-state index contributed by atoms with van der Waals surface area (Å²) < 4.78 is 0. The van der Waals surface area contributed by atoms with Crippen molar-refractivity contribution in [2.75, 3.05) is 20.1 Å². The molecular weight excluding hydrogens is 238 g/mol. The van der Waals surface area contributed by atoms with Crippen LogP contribution in [-0.4, -0.2) is 36.9 Å². The maximum absolute atomic E-state index is 12.0. The van der Waals surface area contributed by atoms with Gasteiger partial charge in [0.1, 0.15) is 4.88 Å². The van der Waals surface area contributed by atoms with Crippen molar-refractivity contribution >= 4 is 23.2 Å². The van der Waals surface area contributed by atoms with Crippen LogP contribution in [0, 0.1) is 11.8 Å². The first-order valence-electron chi connectivity index (χ1n) is 4.86. The summed E-state index contributed by atoms with van der Waals surface area (Å²) in [5.74, 6) is 4.69. The van der Waals surface area contributed by atoms with Crippen LogP contribution >= 0.6 is 11.3 Å². The van der Waals surface area contributed by atoms with E-state index in [1.165, 1.54) is 23.3 Å². The second kappa shape index (κ2) is 6.03. The van der Waals surface area contributed by atoms with Gasteiger partial charge in [-0.1, -0.05) is 11.8 Å². The molecule has 90 valence electrons. The quantitative estimate of drug-likeness (QED) is 0.717. The molecule has 0 spiro atoms. The van der Waals surface area contributed by atoms with Gasteiger partial charge in [-0.3, -0.25) is 9.59 Å². The van der Waals surface area contributed by atoms with E-state index in [4.69, 9.17) is 11.5 Å². The molecule has 2 amide bonds. The Morgan fingerprint density at radius 2 is 2.24 bits per heavy atom. The van der Waals surface area contributed by atoms with Gasteiger partial charge < -0.3 is 16.4 Å². The van der Waals surface area contributed by atoms with Crippen molar-refractivity contribution in [2.45, 2.75) is 0 Å². The lowest BCUT2D eigenvalue weighted by Crippen LogP contribution is -2.35. The van der Waals surface area contributed by atoms with Crippen LogP contribution in [0.25, 0.3) is 0 Å². The van der Waals surface area contributed by atoms with Crippen molar-refractivity contribution in [3.63, 3.8) is 0 Å². The number of primary amides is 1. The third-order valence-corrected chi connectivity index (χ3v) is 2.83. The van der Waals surface area contributed by atoms with Gasteiger partial charge in [0.05, 0.1) is 13.1 Å². The first-order chi connectivity index (χ1) is 8.06. The molecule has 0 fully saturated rings. The Kier molecular flexibility index (Phi) is 4.69. The lowest BCUT2D eigenvalue weighted by Gasteiger charge is -2.13. The average molecular weight is 251 g/mol. The van der Waals surface area contributed by atoms with Crippen LogP contribution in [0.5, 0.6) is 0 Å². The van der Waals surface area contributed by atoms with Crippen LogP contribution in [0.1, 0.15) is 15.2 Å². The summed E-state index contributed by atoms with van der Waals surface area (Å²) in [7, 11) is 1.52. The van der Waals surface area contributed by atoms with Gasteiger partial charge in [-0.2, -0.15) is 0 Å². The largest absolute Gasteiger partial charge is 0.368 e. The van der Waals surface area contributed by atoms with E-state index in [2.05, 4.69) is 11.8 Å². The normalized spacial score (nSPS) is 9.29. The molecule has 17 heavy (non-hydrogen) atoms. The van der Waals surface area contributed by atoms with Gasteiger partial charge in [0.25, 0.3) is 5.91 Å². The summed E-state index contributed by atoms with van der Waals surface area (Å²) in [6.45, 7) is 0.126. The predicted octanol–water partition coefficient (Wildman–Crippen LogP) is -0.384. The maximum atomic E-state index is 12.0. The molecule has 1 heterocycles.